The average molecular weight is 212 g/mol. The molecule has 5 heteroatoms. The zero-order valence-electron chi connectivity index (χ0n) is 7.10. The molecular formula is C8H9N2OPS. The predicted octanol–water partition coefficient (Wildman–Crippen LogP) is 1.86. The van der Waals surface area contributed by atoms with Gasteiger partial charge in [0, 0.05) is 0 Å². The highest BCUT2D eigenvalue weighted by Gasteiger charge is 2.20. The molecule has 0 saturated heterocycles. The lowest BCUT2D eigenvalue weighted by Gasteiger charge is -2.22. The van der Waals surface area contributed by atoms with E-state index in [-0.39, 0.29) is 0 Å². The van der Waals surface area contributed by atoms with E-state index in [2.05, 4.69) is 14.4 Å². The third-order valence-corrected chi connectivity index (χ3v) is 4.12. The van der Waals surface area contributed by atoms with E-state index in [9.17, 15) is 4.21 Å². The number of hydrogen-bond donors (Lipinski definition) is 0. The lowest BCUT2D eigenvalue weighted by molar-refractivity contribution is 0.668. The predicted molar refractivity (Wildman–Crippen MR) is 57.2 cm³/mol. The largest absolute Gasteiger partial charge is 0.260 e. The summed E-state index contributed by atoms with van der Waals surface area (Å²) in [6, 6.07) is 7.46. The Hall–Kier alpha value is -0.730. The van der Waals surface area contributed by atoms with Crippen molar-refractivity contribution in [2.45, 2.75) is 11.8 Å². The van der Waals surface area contributed by atoms with Crippen molar-refractivity contribution in [2.24, 2.45) is 4.99 Å². The van der Waals surface area contributed by atoms with Gasteiger partial charge in [0.1, 0.15) is 5.84 Å². The van der Waals surface area contributed by atoms with Gasteiger partial charge in [0.15, 0.2) is 11.0 Å². The van der Waals surface area contributed by atoms with Crippen molar-refractivity contribution in [3.05, 3.63) is 24.3 Å². The van der Waals surface area contributed by atoms with Crippen LogP contribution in [-0.4, -0.2) is 14.1 Å². The minimum atomic E-state index is -1.12. The SMILES string of the molecule is CC1=Nc2ccccc2S(=O)N1P. The van der Waals surface area contributed by atoms with Gasteiger partial charge in [-0.3, -0.25) is 4.08 Å². The van der Waals surface area contributed by atoms with E-state index in [1.165, 1.54) is 0 Å². The summed E-state index contributed by atoms with van der Waals surface area (Å²) in [6.07, 6.45) is 0. The van der Waals surface area contributed by atoms with Crippen molar-refractivity contribution in [3.63, 3.8) is 0 Å². The molecule has 1 heterocycles. The summed E-state index contributed by atoms with van der Waals surface area (Å²) in [7, 11) is 1.28. The van der Waals surface area contributed by atoms with Gasteiger partial charge in [-0.05, 0) is 28.4 Å². The Balaban J connectivity index is 2.63. The Morgan fingerprint density at radius 3 is 2.92 bits per heavy atom. The Morgan fingerprint density at radius 1 is 1.46 bits per heavy atom. The van der Waals surface area contributed by atoms with Crippen LogP contribution < -0.4 is 0 Å². The van der Waals surface area contributed by atoms with Crippen LogP contribution in [0.25, 0.3) is 0 Å². The number of hydrogen-bond acceptors (Lipinski definition) is 2. The highest BCUT2D eigenvalue weighted by atomic mass is 32.2. The normalized spacial score (nSPS) is 20.9. The summed E-state index contributed by atoms with van der Waals surface area (Å²) in [5.74, 6) is 0.752. The second kappa shape index (κ2) is 3.20. The van der Waals surface area contributed by atoms with Crippen molar-refractivity contribution in [2.75, 3.05) is 0 Å². The topological polar surface area (TPSA) is 32.7 Å². The number of nitrogens with zero attached hydrogens (tertiary/aromatic N) is 2. The summed E-state index contributed by atoms with van der Waals surface area (Å²) in [6.45, 7) is 1.83. The molecule has 0 spiro atoms. The summed E-state index contributed by atoms with van der Waals surface area (Å²) in [5.41, 5.74) is 0.803. The summed E-state index contributed by atoms with van der Waals surface area (Å²) >= 11 is 0. The highest BCUT2D eigenvalue weighted by Crippen LogP contribution is 2.30. The van der Waals surface area contributed by atoms with E-state index in [0.29, 0.717) is 0 Å². The Labute approximate surface area is 81.7 Å². The smallest absolute Gasteiger partial charge is 0.158 e. The second-order valence-corrected chi connectivity index (χ2v) is 4.92. The molecule has 2 atom stereocenters. The molecule has 1 aliphatic heterocycles. The number of aliphatic imine (C=N–C) groups is 1. The number of rotatable bonds is 0. The maximum atomic E-state index is 11.8. The van der Waals surface area contributed by atoms with Crippen molar-refractivity contribution in [1.82, 2.24) is 4.08 Å². The van der Waals surface area contributed by atoms with Gasteiger partial charge in [-0.15, -0.1) is 0 Å². The van der Waals surface area contributed by atoms with Gasteiger partial charge in [-0.2, -0.15) is 0 Å². The molecule has 0 bridgehead atoms. The monoisotopic (exact) mass is 212 g/mol. The van der Waals surface area contributed by atoms with Crippen LogP contribution >= 0.6 is 9.39 Å². The molecule has 2 unspecified atom stereocenters. The van der Waals surface area contributed by atoms with Gasteiger partial charge >= 0.3 is 0 Å². The van der Waals surface area contributed by atoms with Crippen molar-refractivity contribution < 1.29 is 4.21 Å². The molecule has 0 saturated carbocycles. The Bertz CT molecular complexity index is 405. The number of fused-ring (bicyclic) bond motifs is 1. The minimum Gasteiger partial charge on any atom is -0.260 e. The first kappa shape index (κ1) is 8.85. The molecule has 2 rings (SSSR count). The van der Waals surface area contributed by atoms with E-state index in [4.69, 9.17) is 0 Å². The van der Waals surface area contributed by atoms with Crippen molar-refractivity contribution in [3.8, 4) is 0 Å². The molecule has 0 fully saturated rings. The minimum absolute atomic E-state index is 0.752. The van der Waals surface area contributed by atoms with Gasteiger partial charge < -0.3 is 0 Å². The molecule has 0 amide bonds. The number of benzene rings is 1. The van der Waals surface area contributed by atoms with Gasteiger partial charge in [-0.1, -0.05) is 12.1 Å². The van der Waals surface area contributed by atoms with Crippen LogP contribution in [0.5, 0.6) is 0 Å². The van der Waals surface area contributed by atoms with Crippen LogP contribution in [0.2, 0.25) is 0 Å². The van der Waals surface area contributed by atoms with E-state index in [1.807, 2.05) is 31.2 Å². The molecule has 1 aromatic carbocycles. The molecule has 0 aliphatic carbocycles. The van der Waals surface area contributed by atoms with E-state index in [1.54, 1.807) is 4.08 Å². The average Bonchev–Trinajstić information content (AvgIpc) is 2.15. The van der Waals surface area contributed by atoms with E-state index >= 15 is 0 Å². The Kier molecular flexibility index (Phi) is 2.18. The van der Waals surface area contributed by atoms with E-state index < -0.39 is 11.0 Å². The standard InChI is InChI=1S/C8H9N2OPS/c1-6-9-7-4-2-3-5-8(7)13(11)10(6)12/h2-5H,12H2,1H3. The van der Waals surface area contributed by atoms with E-state index in [0.717, 1.165) is 16.4 Å². The fourth-order valence-electron chi connectivity index (χ4n) is 1.15. The molecule has 13 heavy (non-hydrogen) atoms. The maximum Gasteiger partial charge on any atom is 0.158 e. The third-order valence-electron chi connectivity index (χ3n) is 1.83. The van der Waals surface area contributed by atoms with Crippen molar-refractivity contribution >= 4 is 31.9 Å². The number of amidine groups is 1. The van der Waals surface area contributed by atoms with Crippen molar-refractivity contribution in [1.29, 1.82) is 0 Å². The van der Waals surface area contributed by atoms with Crippen LogP contribution in [0.3, 0.4) is 0 Å². The molecule has 1 aromatic rings. The van der Waals surface area contributed by atoms with Crippen LogP contribution in [0.4, 0.5) is 5.69 Å². The second-order valence-electron chi connectivity index (χ2n) is 2.70. The highest BCUT2D eigenvalue weighted by molar-refractivity contribution is 7.86. The van der Waals surface area contributed by atoms with Gasteiger partial charge in [0.25, 0.3) is 0 Å². The summed E-state index contributed by atoms with van der Waals surface area (Å²) in [4.78, 5) is 5.07. The number of para-hydroxylation sites is 1. The van der Waals surface area contributed by atoms with Crippen LogP contribution in [-0.2, 0) is 11.0 Å². The molecule has 0 radical (unpaired) electrons. The lowest BCUT2D eigenvalue weighted by Crippen LogP contribution is -2.23. The van der Waals surface area contributed by atoms with Gasteiger partial charge in [-0.25, -0.2) is 9.20 Å². The molecule has 68 valence electrons. The first-order valence-corrected chi connectivity index (χ1v) is 5.43. The quantitative estimate of drug-likeness (QED) is 0.604. The maximum absolute atomic E-state index is 11.8. The Morgan fingerprint density at radius 2 is 2.15 bits per heavy atom. The molecule has 0 N–H and O–H groups in total. The summed E-state index contributed by atoms with van der Waals surface area (Å²) in [5, 5.41) is 0. The zero-order valence-corrected chi connectivity index (χ0v) is 9.07. The first-order valence-electron chi connectivity index (χ1n) is 3.81. The fraction of sp³-hybridized carbons (Fsp3) is 0.125. The third kappa shape index (κ3) is 1.40. The van der Waals surface area contributed by atoms with Gasteiger partial charge in [0.2, 0.25) is 0 Å². The van der Waals surface area contributed by atoms with Crippen LogP contribution in [0.1, 0.15) is 6.92 Å². The molecular weight excluding hydrogens is 203 g/mol. The van der Waals surface area contributed by atoms with Crippen LogP contribution in [0, 0.1) is 0 Å². The fourth-order valence-corrected chi connectivity index (χ4v) is 2.53. The van der Waals surface area contributed by atoms with Gasteiger partial charge in [0.05, 0.1) is 10.6 Å². The molecule has 3 nitrogen and oxygen atoms in total. The molecule has 0 aromatic heterocycles. The lowest BCUT2D eigenvalue weighted by atomic mass is 10.3. The summed E-state index contributed by atoms with van der Waals surface area (Å²) < 4.78 is 13.3. The van der Waals surface area contributed by atoms with Crippen LogP contribution in [0.15, 0.2) is 34.2 Å². The first-order chi connectivity index (χ1) is 6.20. The molecule has 1 aliphatic rings. The zero-order chi connectivity index (χ0) is 9.42.